The van der Waals surface area contributed by atoms with Crippen molar-refractivity contribution in [1.29, 1.82) is 0 Å². The normalized spacial score (nSPS) is 19.1. The van der Waals surface area contributed by atoms with Crippen LogP contribution >= 0.6 is 0 Å². The number of fused-ring (bicyclic) bond motifs is 1. The van der Waals surface area contributed by atoms with Crippen molar-refractivity contribution in [3.8, 4) is 17.6 Å². The number of carboxylic acids is 1. The molecule has 0 radical (unpaired) electrons. The molecule has 3 atom stereocenters. The molecule has 0 aliphatic carbocycles. The van der Waals surface area contributed by atoms with Gasteiger partial charge in [0.15, 0.2) is 0 Å². The number of ether oxygens (including phenoxy) is 1. The number of methoxy groups -OCH3 is 1. The molecule has 0 bridgehead atoms. The number of aromatic nitrogens is 1. The number of hydrogen-bond donors (Lipinski definition) is 2. The molecule has 1 saturated heterocycles. The molecule has 3 aromatic rings. The van der Waals surface area contributed by atoms with Gasteiger partial charge in [0, 0.05) is 30.3 Å². The maximum Gasteiger partial charge on any atom is 0.308 e. The Morgan fingerprint density at radius 3 is 2.89 bits per heavy atom. The molecule has 0 unspecified atom stereocenters. The number of carbonyl (C=O) groups is 1. The van der Waals surface area contributed by atoms with Gasteiger partial charge in [-0.2, -0.15) is 0 Å². The lowest BCUT2D eigenvalue weighted by molar-refractivity contribution is -0.146. The number of aliphatic hydroxyl groups excluding tert-OH is 1. The van der Waals surface area contributed by atoms with E-state index in [4.69, 9.17) is 4.74 Å². The smallest absolute Gasteiger partial charge is 0.308 e. The van der Waals surface area contributed by atoms with Crippen molar-refractivity contribution in [2.45, 2.75) is 18.8 Å². The Bertz CT molecular complexity index is 1250. The highest BCUT2D eigenvalue weighted by atomic mass is 19.1. The number of likely N-dealkylation sites (tertiary alicyclic amines) is 1. The number of aliphatic carboxylic acids is 1. The molecule has 2 aromatic carbocycles. The van der Waals surface area contributed by atoms with Crippen molar-refractivity contribution in [2.24, 2.45) is 11.8 Å². The standard InChI is InChI=1S/C28H29FN2O4/c1-35-21-7-8-27-25(17-21)22(9-12-30-27)24(11-15-32)23-10-14-31(18-26(23)28(33)34)13-3-5-19-4-2-6-20(29)16-19/h2,4,6-9,12,16-17,23-24,26,32H,10-11,13-15,18H2,1H3,(H,33,34)/t23-,24+,26+/m1/s1. The lowest BCUT2D eigenvalue weighted by Crippen LogP contribution is -2.46. The zero-order valence-corrected chi connectivity index (χ0v) is 19.7. The average Bonchev–Trinajstić information content (AvgIpc) is 2.87. The van der Waals surface area contributed by atoms with E-state index in [1.54, 1.807) is 25.4 Å². The van der Waals surface area contributed by atoms with Crippen molar-refractivity contribution in [2.75, 3.05) is 33.4 Å². The molecule has 182 valence electrons. The van der Waals surface area contributed by atoms with Crippen LogP contribution in [0.25, 0.3) is 10.9 Å². The molecule has 2 heterocycles. The van der Waals surface area contributed by atoms with E-state index in [1.165, 1.54) is 12.1 Å². The first kappa shape index (κ1) is 24.6. The zero-order chi connectivity index (χ0) is 24.8. The summed E-state index contributed by atoms with van der Waals surface area (Å²) in [6.07, 6.45) is 2.86. The first-order valence-corrected chi connectivity index (χ1v) is 11.7. The first-order valence-electron chi connectivity index (χ1n) is 11.7. The van der Waals surface area contributed by atoms with Crippen LogP contribution in [-0.4, -0.2) is 59.4 Å². The summed E-state index contributed by atoms with van der Waals surface area (Å²) in [5.74, 6) is 4.63. The number of halogens is 1. The van der Waals surface area contributed by atoms with Gasteiger partial charge in [-0.15, -0.1) is 0 Å². The Morgan fingerprint density at radius 2 is 2.14 bits per heavy atom. The van der Waals surface area contributed by atoms with E-state index in [1.807, 2.05) is 29.2 Å². The van der Waals surface area contributed by atoms with E-state index in [-0.39, 0.29) is 24.3 Å². The van der Waals surface area contributed by atoms with E-state index in [0.717, 1.165) is 16.5 Å². The van der Waals surface area contributed by atoms with Crippen LogP contribution in [0.2, 0.25) is 0 Å². The summed E-state index contributed by atoms with van der Waals surface area (Å²) in [5.41, 5.74) is 2.39. The predicted molar refractivity (Wildman–Crippen MR) is 132 cm³/mol. The molecule has 1 aromatic heterocycles. The van der Waals surface area contributed by atoms with Gasteiger partial charge in [-0.1, -0.05) is 17.9 Å². The number of nitrogens with zero attached hydrogens (tertiary/aromatic N) is 2. The summed E-state index contributed by atoms with van der Waals surface area (Å²) < 4.78 is 18.8. The van der Waals surface area contributed by atoms with Gasteiger partial charge in [0.25, 0.3) is 0 Å². The Morgan fingerprint density at radius 1 is 1.29 bits per heavy atom. The SMILES string of the molecule is COc1ccc2nccc([C@H](CCO)[C@H]3CCN(CC#Cc4cccc(F)c4)C[C@@H]3C(=O)O)c2c1. The third-order valence-corrected chi connectivity index (χ3v) is 6.77. The third-order valence-electron chi connectivity index (χ3n) is 6.77. The summed E-state index contributed by atoms with van der Waals surface area (Å²) in [5, 5.41) is 20.9. The molecule has 7 heteroatoms. The summed E-state index contributed by atoms with van der Waals surface area (Å²) >= 11 is 0. The molecule has 6 nitrogen and oxygen atoms in total. The van der Waals surface area contributed by atoms with Gasteiger partial charge in [-0.3, -0.25) is 14.7 Å². The lowest BCUT2D eigenvalue weighted by atomic mass is 9.72. The van der Waals surface area contributed by atoms with Crippen molar-refractivity contribution in [3.05, 3.63) is 71.7 Å². The van der Waals surface area contributed by atoms with Crippen LogP contribution < -0.4 is 4.74 Å². The predicted octanol–water partition coefficient (Wildman–Crippen LogP) is 3.92. The van der Waals surface area contributed by atoms with Crippen molar-refractivity contribution in [3.63, 3.8) is 0 Å². The molecule has 0 saturated carbocycles. The Balaban J connectivity index is 1.57. The van der Waals surface area contributed by atoms with Gasteiger partial charge in [0.2, 0.25) is 0 Å². The molecule has 1 aliphatic heterocycles. The molecule has 4 rings (SSSR count). The number of aliphatic hydroxyl groups is 1. The molecule has 1 aliphatic rings. The number of hydrogen-bond acceptors (Lipinski definition) is 5. The molecule has 0 amide bonds. The van der Waals surface area contributed by atoms with Gasteiger partial charge < -0.3 is 14.9 Å². The fourth-order valence-corrected chi connectivity index (χ4v) is 5.08. The second-order valence-corrected chi connectivity index (χ2v) is 8.85. The molecule has 1 fully saturated rings. The van der Waals surface area contributed by atoms with Gasteiger partial charge in [0.05, 0.1) is 25.1 Å². The van der Waals surface area contributed by atoms with E-state index in [9.17, 15) is 19.4 Å². The zero-order valence-electron chi connectivity index (χ0n) is 19.7. The van der Waals surface area contributed by atoms with Crippen LogP contribution in [0.5, 0.6) is 5.75 Å². The summed E-state index contributed by atoms with van der Waals surface area (Å²) in [7, 11) is 1.61. The fraction of sp³-hybridized carbons (Fsp3) is 0.357. The van der Waals surface area contributed by atoms with Crippen LogP contribution in [0, 0.1) is 29.5 Å². The van der Waals surface area contributed by atoms with Crippen LogP contribution in [0.1, 0.15) is 29.9 Å². The van der Waals surface area contributed by atoms with E-state index in [2.05, 4.69) is 16.8 Å². The van der Waals surface area contributed by atoms with Crippen molar-refractivity contribution < 1.29 is 24.1 Å². The minimum absolute atomic E-state index is 0.0376. The monoisotopic (exact) mass is 476 g/mol. The summed E-state index contributed by atoms with van der Waals surface area (Å²) in [4.78, 5) is 18.8. The maximum atomic E-state index is 13.4. The largest absolute Gasteiger partial charge is 0.497 e. The third kappa shape index (κ3) is 5.79. The quantitative estimate of drug-likeness (QED) is 0.503. The van der Waals surface area contributed by atoms with Crippen LogP contribution in [0.4, 0.5) is 4.39 Å². The van der Waals surface area contributed by atoms with E-state index in [0.29, 0.717) is 43.8 Å². The minimum atomic E-state index is -0.850. The van der Waals surface area contributed by atoms with E-state index >= 15 is 0 Å². The molecule has 2 N–H and O–H groups in total. The second kappa shape index (κ2) is 11.3. The van der Waals surface area contributed by atoms with E-state index < -0.39 is 11.9 Å². The fourth-order valence-electron chi connectivity index (χ4n) is 5.08. The second-order valence-electron chi connectivity index (χ2n) is 8.85. The van der Waals surface area contributed by atoms with Crippen LogP contribution in [-0.2, 0) is 4.79 Å². The number of piperidine rings is 1. The number of pyridine rings is 1. The van der Waals surface area contributed by atoms with Gasteiger partial charge in [0.1, 0.15) is 11.6 Å². The minimum Gasteiger partial charge on any atom is -0.497 e. The maximum absolute atomic E-state index is 13.4. The molecular formula is C28H29FN2O4. The average molecular weight is 477 g/mol. The number of benzene rings is 2. The molecule has 35 heavy (non-hydrogen) atoms. The van der Waals surface area contributed by atoms with Crippen molar-refractivity contribution >= 4 is 16.9 Å². The summed E-state index contributed by atoms with van der Waals surface area (Å²) in [6.45, 7) is 1.43. The highest BCUT2D eigenvalue weighted by Crippen LogP contribution is 2.41. The molecule has 0 spiro atoms. The molecular weight excluding hydrogens is 447 g/mol. The Kier molecular flexibility index (Phi) is 7.96. The Labute approximate surface area is 204 Å². The highest BCUT2D eigenvalue weighted by molar-refractivity contribution is 5.84. The number of rotatable bonds is 7. The van der Waals surface area contributed by atoms with Gasteiger partial charge in [-0.05, 0) is 79.3 Å². The van der Waals surface area contributed by atoms with Crippen LogP contribution in [0.3, 0.4) is 0 Å². The van der Waals surface area contributed by atoms with Gasteiger partial charge >= 0.3 is 5.97 Å². The first-order chi connectivity index (χ1) is 17.0. The number of carboxylic acid groups (broad SMARTS) is 1. The van der Waals surface area contributed by atoms with Crippen molar-refractivity contribution in [1.82, 2.24) is 9.88 Å². The highest BCUT2D eigenvalue weighted by Gasteiger charge is 2.39. The van der Waals surface area contributed by atoms with Crippen LogP contribution in [0.15, 0.2) is 54.7 Å². The Hall–Kier alpha value is -3.47. The van der Waals surface area contributed by atoms with Gasteiger partial charge in [-0.25, -0.2) is 4.39 Å². The lowest BCUT2D eigenvalue weighted by Gasteiger charge is -2.40. The topological polar surface area (TPSA) is 82.9 Å². The summed E-state index contributed by atoms with van der Waals surface area (Å²) in [6, 6.07) is 13.7.